The number of hydrogen-bond donors (Lipinski definition) is 9. The summed E-state index contributed by atoms with van der Waals surface area (Å²) in [6.07, 6.45) is -2.75. The molecule has 4 unspecified atom stereocenters. The average molecular weight is 488 g/mol. The van der Waals surface area contributed by atoms with Crippen LogP contribution in [0.25, 0.3) is 0 Å². The second-order valence-electron chi connectivity index (χ2n) is 7.14. The molecular weight excluding hydrogens is 460 g/mol. The molecule has 0 spiro atoms. The lowest BCUT2D eigenvalue weighted by Gasteiger charge is -2.24. The van der Waals surface area contributed by atoms with Gasteiger partial charge in [-0.05, 0) is 6.42 Å². The molecule has 34 heavy (non-hydrogen) atoms. The monoisotopic (exact) mass is 488 g/mol. The normalized spacial score (nSPS) is 13.9. The van der Waals surface area contributed by atoms with Crippen molar-refractivity contribution >= 4 is 47.3 Å². The van der Waals surface area contributed by atoms with Gasteiger partial charge in [-0.15, -0.1) is 0 Å². The molecule has 0 fully saturated rings. The third-order valence-electron chi connectivity index (χ3n) is 4.13. The molecule has 0 bridgehead atoms. The van der Waals surface area contributed by atoms with E-state index in [0.29, 0.717) is 0 Å². The van der Waals surface area contributed by atoms with Gasteiger partial charge < -0.3 is 49.7 Å². The fourth-order valence-corrected chi connectivity index (χ4v) is 2.47. The van der Waals surface area contributed by atoms with Crippen LogP contribution in [-0.4, -0.2) is 76.6 Å². The van der Waals surface area contributed by atoms with Gasteiger partial charge in [0.25, 0.3) is 0 Å². The largest absolute Gasteiger partial charge is 0.480 e. The Balaban J connectivity index is 5.54. The average Bonchev–Trinajstić information content (AvgIpc) is 2.68. The predicted molar refractivity (Wildman–Crippen MR) is 111 cm³/mol. The Morgan fingerprint density at radius 3 is 1.29 bits per heavy atom. The van der Waals surface area contributed by atoms with Crippen molar-refractivity contribution in [2.24, 2.45) is 28.7 Å². The Morgan fingerprint density at radius 1 is 0.588 bits per heavy atom. The van der Waals surface area contributed by atoms with Gasteiger partial charge in [-0.2, -0.15) is 0 Å². The van der Waals surface area contributed by atoms with E-state index in [9.17, 15) is 38.4 Å². The summed E-state index contributed by atoms with van der Waals surface area (Å²) in [6, 6.07) is -6.48. The first-order valence-electron chi connectivity index (χ1n) is 9.66. The summed E-state index contributed by atoms with van der Waals surface area (Å²) < 4.78 is 0. The summed E-state index contributed by atoms with van der Waals surface area (Å²) >= 11 is 0. The Kier molecular flexibility index (Phi) is 12.2. The van der Waals surface area contributed by atoms with Crippen LogP contribution in [-0.2, 0) is 38.4 Å². The number of carbonyl (C=O) groups excluding carboxylic acids is 7. The van der Waals surface area contributed by atoms with Crippen LogP contribution in [0.5, 0.6) is 0 Å². The van der Waals surface area contributed by atoms with Gasteiger partial charge >= 0.3 is 5.97 Å². The molecule has 0 aromatic heterocycles. The number of primary amides is 4. The number of carboxylic acids is 1. The maximum absolute atomic E-state index is 12.6. The van der Waals surface area contributed by atoms with Gasteiger partial charge in [0.15, 0.2) is 0 Å². The number of aliphatic carboxylic acids is 1. The molecule has 0 aromatic carbocycles. The molecule has 7 amide bonds. The Labute approximate surface area is 192 Å². The maximum atomic E-state index is 12.6. The van der Waals surface area contributed by atoms with Crippen LogP contribution in [0.15, 0.2) is 0 Å². The number of hydrogen-bond acceptors (Lipinski definition) is 9. The van der Waals surface area contributed by atoms with Gasteiger partial charge in [0.2, 0.25) is 41.4 Å². The van der Waals surface area contributed by atoms with Crippen LogP contribution in [0.3, 0.4) is 0 Å². The molecule has 0 aliphatic heterocycles. The van der Waals surface area contributed by atoms with Crippen LogP contribution < -0.4 is 44.6 Å². The van der Waals surface area contributed by atoms with Crippen molar-refractivity contribution in [2.75, 3.05) is 0 Å². The van der Waals surface area contributed by atoms with Crippen molar-refractivity contribution < 1.29 is 43.5 Å². The Bertz CT molecular complexity index is 847. The van der Waals surface area contributed by atoms with E-state index in [4.69, 9.17) is 33.8 Å². The summed E-state index contributed by atoms with van der Waals surface area (Å²) in [5.41, 5.74) is 25.6. The second kappa shape index (κ2) is 14.0. The van der Waals surface area contributed by atoms with E-state index < -0.39 is 90.7 Å². The minimum absolute atomic E-state index is 0.171. The smallest absolute Gasteiger partial charge is 0.326 e. The molecule has 0 aliphatic rings. The van der Waals surface area contributed by atoms with Crippen LogP contribution in [0.1, 0.15) is 32.1 Å². The van der Waals surface area contributed by atoms with Crippen molar-refractivity contribution in [2.45, 2.75) is 56.3 Å². The number of nitrogens with two attached hydrogens (primary N) is 5. The van der Waals surface area contributed by atoms with E-state index in [1.807, 2.05) is 10.6 Å². The molecule has 14 N–H and O–H groups in total. The summed E-state index contributed by atoms with van der Waals surface area (Å²) in [5.74, 6) is -8.86. The summed E-state index contributed by atoms with van der Waals surface area (Å²) in [7, 11) is 0. The van der Waals surface area contributed by atoms with Crippen LogP contribution in [0.4, 0.5) is 0 Å². The SMILES string of the molecule is NC(=O)CCC(N)C(=O)NC(CC(N)=O)C(=O)NC(CC(N)=O)C(=O)NC(CC(N)=O)C(=O)O. The number of carboxylic acid groups (broad SMARTS) is 1. The Morgan fingerprint density at radius 2 is 0.941 bits per heavy atom. The number of rotatable bonds is 16. The van der Waals surface area contributed by atoms with Crippen molar-refractivity contribution in [1.82, 2.24) is 16.0 Å². The minimum atomic E-state index is -1.78. The summed E-state index contributed by atoms with van der Waals surface area (Å²) in [6.45, 7) is 0. The zero-order valence-corrected chi connectivity index (χ0v) is 17.9. The minimum Gasteiger partial charge on any atom is -0.480 e. The van der Waals surface area contributed by atoms with Crippen molar-refractivity contribution in [1.29, 1.82) is 0 Å². The molecule has 17 nitrogen and oxygen atoms in total. The second-order valence-corrected chi connectivity index (χ2v) is 7.14. The lowest BCUT2D eigenvalue weighted by molar-refractivity contribution is -0.144. The number of nitrogens with one attached hydrogen (secondary N) is 3. The molecule has 190 valence electrons. The first-order chi connectivity index (χ1) is 15.6. The van der Waals surface area contributed by atoms with E-state index in [1.54, 1.807) is 0 Å². The summed E-state index contributed by atoms with van der Waals surface area (Å²) in [4.78, 5) is 93.0. The Hall–Kier alpha value is -4.28. The molecule has 0 aromatic rings. The van der Waals surface area contributed by atoms with Gasteiger partial charge in [0.1, 0.15) is 18.1 Å². The number of amides is 7. The summed E-state index contributed by atoms with van der Waals surface area (Å²) in [5, 5.41) is 15.2. The lowest BCUT2D eigenvalue weighted by atomic mass is 10.1. The lowest BCUT2D eigenvalue weighted by Crippen LogP contribution is -2.58. The molecule has 0 saturated heterocycles. The van der Waals surface area contributed by atoms with E-state index in [1.165, 1.54) is 0 Å². The molecule has 0 saturated carbocycles. The van der Waals surface area contributed by atoms with Gasteiger partial charge in [0.05, 0.1) is 25.3 Å². The van der Waals surface area contributed by atoms with E-state index in [0.717, 1.165) is 0 Å². The quantitative estimate of drug-likeness (QED) is 0.0988. The van der Waals surface area contributed by atoms with Crippen molar-refractivity contribution in [3.8, 4) is 0 Å². The van der Waals surface area contributed by atoms with Crippen molar-refractivity contribution in [3.63, 3.8) is 0 Å². The van der Waals surface area contributed by atoms with Gasteiger partial charge in [-0.3, -0.25) is 33.6 Å². The molecule has 0 aliphatic carbocycles. The molecular formula is C17H28N8O9. The van der Waals surface area contributed by atoms with Gasteiger partial charge in [0, 0.05) is 6.42 Å². The zero-order valence-electron chi connectivity index (χ0n) is 17.9. The first kappa shape index (κ1) is 29.7. The first-order valence-corrected chi connectivity index (χ1v) is 9.66. The van der Waals surface area contributed by atoms with Crippen LogP contribution in [0.2, 0.25) is 0 Å². The molecule has 17 heteroatoms. The fourth-order valence-electron chi connectivity index (χ4n) is 2.47. The fraction of sp³-hybridized carbons (Fsp3) is 0.529. The highest BCUT2D eigenvalue weighted by atomic mass is 16.4. The van der Waals surface area contributed by atoms with Crippen LogP contribution in [0, 0.1) is 0 Å². The predicted octanol–water partition coefficient (Wildman–Crippen LogP) is -6.26. The highest BCUT2D eigenvalue weighted by Gasteiger charge is 2.32. The van der Waals surface area contributed by atoms with E-state index in [-0.39, 0.29) is 12.8 Å². The highest BCUT2D eigenvalue weighted by Crippen LogP contribution is 2.02. The van der Waals surface area contributed by atoms with E-state index in [2.05, 4.69) is 5.32 Å². The zero-order chi connectivity index (χ0) is 26.6. The van der Waals surface area contributed by atoms with Gasteiger partial charge in [-0.1, -0.05) is 0 Å². The standard InChI is InChI=1S/C17H28N8O9/c18-6(1-2-10(19)26)14(30)23-7(3-11(20)27)15(31)24-8(4-12(21)28)16(32)25-9(17(33)34)5-13(22)29/h6-9H,1-5,18H2,(H2,19,26)(H2,20,27)(H2,21,28)(H2,22,29)(H,23,30)(H,24,31)(H,25,32)(H,33,34). The third-order valence-corrected chi connectivity index (χ3v) is 4.13. The third kappa shape index (κ3) is 11.9. The number of carbonyl (C=O) groups is 8. The molecule has 0 heterocycles. The molecule has 4 atom stereocenters. The maximum Gasteiger partial charge on any atom is 0.326 e. The molecule has 0 radical (unpaired) electrons. The van der Waals surface area contributed by atoms with E-state index >= 15 is 0 Å². The molecule has 0 rings (SSSR count). The highest BCUT2D eigenvalue weighted by molar-refractivity contribution is 5.98. The van der Waals surface area contributed by atoms with Crippen molar-refractivity contribution in [3.05, 3.63) is 0 Å². The van der Waals surface area contributed by atoms with Crippen LogP contribution >= 0.6 is 0 Å². The van der Waals surface area contributed by atoms with Gasteiger partial charge in [-0.25, -0.2) is 4.79 Å². The topological polar surface area (TPSA) is 323 Å².